The van der Waals surface area contributed by atoms with Gasteiger partial charge in [0.1, 0.15) is 0 Å². The van der Waals surface area contributed by atoms with Crippen LogP contribution in [0, 0.1) is 6.92 Å². The Morgan fingerprint density at radius 2 is 1.44 bits per heavy atom. The number of nitrogens with zero attached hydrogens (tertiary/aromatic N) is 3. The van der Waals surface area contributed by atoms with Gasteiger partial charge >= 0.3 is 0 Å². The van der Waals surface area contributed by atoms with Gasteiger partial charge < -0.3 is 5.11 Å². The summed E-state index contributed by atoms with van der Waals surface area (Å²) in [5, 5.41) is 20.3. The Hall–Kier alpha value is -3.40. The minimum atomic E-state index is 0.0864. The molecular formula is C21H17N3O. The Morgan fingerprint density at radius 1 is 0.760 bits per heavy atom. The lowest BCUT2D eigenvalue weighted by atomic mass is 10.2. The van der Waals surface area contributed by atoms with Crippen LogP contribution in [0.2, 0.25) is 0 Å². The SMILES string of the molecule is Cc1ccc(N=Nc2c(O)n(-c3ccccc3)c3ccccc23)cc1. The molecule has 0 aliphatic carbocycles. The van der Waals surface area contributed by atoms with Gasteiger partial charge in [-0.1, -0.05) is 54.1 Å². The molecule has 3 aromatic carbocycles. The molecule has 4 heteroatoms. The molecule has 0 atom stereocenters. The third-order valence-corrected chi connectivity index (χ3v) is 4.14. The molecule has 0 amide bonds. The van der Waals surface area contributed by atoms with E-state index in [4.69, 9.17) is 0 Å². The second-order valence-corrected chi connectivity index (χ2v) is 5.90. The van der Waals surface area contributed by atoms with E-state index in [-0.39, 0.29) is 5.88 Å². The van der Waals surface area contributed by atoms with E-state index in [1.54, 1.807) is 4.57 Å². The Labute approximate surface area is 145 Å². The zero-order valence-electron chi connectivity index (χ0n) is 13.8. The van der Waals surface area contributed by atoms with Crippen LogP contribution in [-0.4, -0.2) is 9.67 Å². The van der Waals surface area contributed by atoms with Gasteiger partial charge in [0.05, 0.1) is 11.2 Å². The van der Waals surface area contributed by atoms with Crippen molar-refractivity contribution in [1.82, 2.24) is 4.57 Å². The molecular weight excluding hydrogens is 310 g/mol. The number of aromatic hydroxyl groups is 1. The highest BCUT2D eigenvalue weighted by atomic mass is 16.3. The summed E-state index contributed by atoms with van der Waals surface area (Å²) in [6.45, 7) is 2.03. The van der Waals surface area contributed by atoms with E-state index >= 15 is 0 Å². The van der Waals surface area contributed by atoms with Crippen molar-refractivity contribution in [2.75, 3.05) is 0 Å². The zero-order valence-corrected chi connectivity index (χ0v) is 13.8. The number of rotatable bonds is 3. The minimum absolute atomic E-state index is 0.0864. The molecule has 25 heavy (non-hydrogen) atoms. The number of para-hydroxylation sites is 2. The van der Waals surface area contributed by atoms with Gasteiger partial charge in [-0.15, -0.1) is 5.11 Å². The molecule has 0 fully saturated rings. The first-order valence-corrected chi connectivity index (χ1v) is 8.10. The molecule has 0 bridgehead atoms. The first kappa shape index (κ1) is 15.1. The van der Waals surface area contributed by atoms with Crippen LogP contribution in [0.4, 0.5) is 11.4 Å². The number of hydrogen-bond donors (Lipinski definition) is 1. The topological polar surface area (TPSA) is 49.9 Å². The molecule has 4 aromatic rings. The average Bonchev–Trinajstić information content (AvgIpc) is 2.93. The number of aromatic nitrogens is 1. The first-order chi connectivity index (χ1) is 12.2. The number of benzene rings is 3. The fraction of sp³-hybridized carbons (Fsp3) is 0.0476. The van der Waals surface area contributed by atoms with Crippen LogP contribution in [0.5, 0.6) is 5.88 Å². The summed E-state index contributed by atoms with van der Waals surface area (Å²) in [5.41, 5.74) is 4.17. The van der Waals surface area contributed by atoms with Crippen LogP contribution < -0.4 is 0 Å². The fourth-order valence-electron chi connectivity index (χ4n) is 2.87. The lowest BCUT2D eigenvalue weighted by Crippen LogP contribution is -1.91. The van der Waals surface area contributed by atoms with E-state index in [2.05, 4.69) is 10.2 Å². The van der Waals surface area contributed by atoms with Crippen molar-refractivity contribution in [2.45, 2.75) is 6.92 Å². The van der Waals surface area contributed by atoms with Gasteiger partial charge in [0.25, 0.3) is 0 Å². The minimum Gasteiger partial charge on any atom is -0.493 e. The van der Waals surface area contributed by atoms with Crippen molar-refractivity contribution in [3.8, 4) is 11.6 Å². The molecule has 1 N–H and O–H groups in total. The second kappa shape index (κ2) is 6.24. The number of fused-ring (bicyclic) bond motifs is 1. The summed E-state index contributed by atoms with van der Waals surface area (Å²) < 4.78 is 1.79. The molecule has 0 saturated heterocycles. The predicted octanol–water partition coefficient (Wildman–Crippen LogP) is 6.06. The highest BCUT2D eigenvalue weighted by molar-refractivity contribution is 5.96. The molecule has 122 valence electrons. The van der Waals surface area contributed by atoms with E-state index in [9.17, 15) is 5.11 Å². The molecule has 0 saturated carbocycles. The van der Waals surface area contributed by atoms with Crippen molar-refractivity contribution in [1.29, 1.82) is 0 Å². The zero-order chi connectivity index (χ0) is 17.2. The van der Waals surface area contributed by atoms with Crippen molar-refractivity contribution in [3.05, 3.63) is 84.4 Å². The first-order valence-electron chi connectivity index (χ1n) is 8.10. The van der Waals surface area contributed by atoms with Crippen molar-refractivity contribution >= 4 is 22.3 Å². The van der Waals surface area contributed by atoms with Gasteiger partial charge in [0, 0.05) is 11.1 Å². The molecule has 0 aliphatic heterocycles. The number of aryl methyl sites for hydroxylation is 1. The summed E-state index contributed by atoms with van der Waals surface area (Å²) in [4.78, 5) is 0. The molecule has 4 rings (SSSR count). The van der Waals surface area contributed by atoms with E-state index < -0.39 is 0 Å². The summed E-state index contributed by atoms with van der Waals surface area (Å²) >= 11 is 0. The Balaban J connectivity index is 1.87. The van der Waals surface area contributed by atoms with Crippen molar-refractivity contribution in [3.63, 3.8) is 0 Å². The van der Waals surface area contributed by atoms with Gasteiger partial charge in [0.2, 0.25) is 5.88 Å². The second-order valence-electron chi connectivity index (χ2n) is 5.90. The van der Waals surface area contributed by atoms with Gasteiger partial charge in [-0.2, -0.15) is 5.11 Å². The van der Waals surface area contributed by atoms with E-state index in [1.807, 2.05) is 85.8 Å². The van der Waals surface area contributed by atoms with Crippen LogP contribution in [0.15, 0.2) is 89.1 Å². The van der Waals surface area contributed by atoms with Gasteiger partial charge in [-0.05, 0) is 37.3 Å². The standard InChI is InChI=1S/C21H17N3O/c1-15-11-13-16(14-12-15)22-23-20-18-9-5-6-10-19(18)24(21(20)25)17-7-3-2-4-8-17/h2-14,25H,1H3. The summed E-state index contributed by atoms with van der Waals surface area (Å²) in [5.74, 6) is 0.0864. The van der Waals surface area contributed by atoms with E-state index in [0.717, 1.165) is 22.3 Å². The van der Waals surface area contributed by atoms with Crippen LogP contribution in [0.3, 0.4) is 0 Å². The lowest BCUT2D eigenvalue weighted by molar-refractivity contribution is 0.446. The smallest absolute Gasteiger partial charge is 0.225 e. The summed E-state index contributed by atoms with van der Waals surface area (Å²) in [6.07, 6.45) is 0. The third kappa shape index (κ3) is 2.78. The number of azo groups is 1. The molecule has 1 aromatic heterocycles. The molecule has 1 heterocycles. The van der Waals surface area contributed by atoms with Crippen LogP contribution in [-0.2, 0) is 0 Å². The average molecular weight is 327 g/mol. The van der Waals surface area contributed by atoms with Crippen LogP contribution in [0.25, 0.3) is 16.6 Å². The van der Waals surface area contributed by atoms with Crippen molar-refractivity contribution < 1.29 is 5.11 Å². The van der Waals surface area contributed by atoms with Gasteiger partial charge in [0.15, 0.2) is 5.69 Å². The Kier molecular flexibility index (Phi) is 3.78. The molecule has 0 aliphatic rings. The highest BCUT2D eigenvalue weighted by Crippen LogP contribution is 2.41. The van der Waals surface area contributed by atoms with E-state index in [0.29, 0.717) is 5.69 Å². The highest BCUT2D eigenvalue weighted by Gasteiger charge is 2.17. The molecule has 0 radical (unpaired) electrons. The van der Waals surface area contributed by atoms with Crippen molar-refractivity contribution in [2.24, 2.45) is 10.2 Å². The van der Waals surface area contributed by atoms with Crippen LogP contribution in [0.1, 0.15) is 5.56 Å². The third-order valence-electron chi connectivity index (χ3n) is 4.14. The van der Waals surface area contributed by atoms with Gasteiger partial charge in [-0.25, -0.2) is 0 Å². The Morgan fingerprint density at radius 3 is 2.20 bits per heavy atom. The maximum absolute atomic E-state index is 10.8. The molecule has 4 nitrogen and oxygen atoms in total. The maximum Gasteiger partial charge on any atom is 0.225 e. The monoisotopic (exact) mass is 327 g/mol. The maximum atomic E-state index is 10.8. The molecule has 0 unspecified atom stereocenters. The van der Waals surface area contributed by atoms with Crippen LogP contribution >= 0.6 is 0 Å². The van der Waals surface area contributed by atoms with Gasteiger partial charge in [-0.3, -0.25) is 4.57 Å². The molecule has 0 spiro atoms. The largest absolute Gasteiger partial charge is 0.493 e. The summed E-state index contributed by atoms with van der Waals surface area (Å²) in [7, 11) is 0. The predicted molar refractivity (Wildman–Crippen MR) is 100 cm³/mol. The fourth-order valence-corrected chi connectivity index (χ4v) is 2.87. The van der Waals surface area contributed by atoms with E-state index in [1.165, 1.54) is 5.56 Å². The number of hydrogen-bond acceptors (Lipinski definition) is 3. The normalized spacial score (nSPS) is 11.4. The summed E-state index contributed by atoms with van der Waals surface area (Å²) in [6, 6.07) is 25.3. The Bertz CT molecular complexity index is 1050. The lowest BCUT2D eigenvalue weighted by Gasteiger charge is -2.06. The quantitative estimate of drug-likeness (QED) is 0.457.